The maximum Gasteiger partial charge on any atom is 0.389 e. The maximum atomic E-state index is 12.0. The molecule has 98 valence electrons. The lowest BCUT2D eigenvalue weighted by atomic mass is 10.3. The summed E-state index contributed by atoms with van der Waals surface area (Å²) in [6.07, 6.45) is -0.410. The molecule has 0 saturated heterocycles. The standard InChI is InChI=1S/C11H18F3N3/c1-2-5-15-7-10-8-16-9-17(10)6-3-4-11(12,13)14/h8-9,15H,2-7H2,1H3. The monoisotopic (exact) mass is 249 g/mol. The molecule has 0 spiro atoms. The first-order chi connectivity index (χ1) is 8.03. The summed E-state index contributed by atoms with van der Waals surface area (Å²) >= 11 is 0. The molecule has 0 fully saturated rings. The van der Waals surface area contributed by atoms with Crippen molar-refractivity contribution in [1.82, 2.24) is 14.9 Å². The Hall–Kier alpha value is -1.04. The second-order valence-electron chi connectivity index (χ2n) is 3.97. The molecule has 0 atom stereocenters. The van der Waals surface area contributed by atoms with Gasteiger partial charge < -0.3 is 9.88 Å². The number of rotatable bonds is 7. The number of halogens is 3. The number of nitrogens with zero attached hydrogens (tertiary/aromatic N) is 2. The number of aryl methyl sites for hydroxylation is 1. The Labute approximate surface area is 99.0 Å². The van der Waals surface area contributed by atoms with Gasteiger partial charge in [-0.3, -0.25) is 0 Å². The van der Waals surface area contributed by atoms with Crippen LogP contribution in [0.4, 0.5) is 13.2 Å². The minimum atomic E-state index is -4.07. The third-order valence-electron chi connectivity index (χ3n) is 2.39. The first kappa shape index (κ1) is 14.0. The highest BCUT2D eigenvalue weighted by molar-refractivity contribution is 4.97. The summed E-state index contributed by atoms with van der Waals surface area (Å²) in [5, 5.41) is 3.20. The van der Waals surface area contributed by atoms with Gasteiger partial charge in [0.1, 0.15) is 0 Å². The number of alkyl halides is 3. The molecule has 0 saturated carbocycles. The molecule has 0 amide bonds. The average molecular weight is 249 g/mol. The molecule has 0 aliphatic carbocycles. The van der Waals surface area contributed by atoms with E-state index < -0.39 is 12.6 Å². The molecule has 0 bridgehead atoms. The normalized spacial score (nSPS) is 12.0. The molecule has 0 aliphatic heterocycles. The first-order valence-electron chi connectivity index (χ1n) is 5.79. The summed E-state index contributed by atoms with van der Waals surface area (Å²) in [5.74, 6) is 0. The third kappa shape index (κ3) is 5.72. The molecule has 0 aromatic carbocycles. The van der Waals surface area contributed by atoms with E-state index in [2.05, 4.69) is 17.2 Å². The molecule has 1 aromatic rings. The summed E-state index contributed by atoms with van der Waals surface area (Å²) in [5.41, 5.74) is 0.931. The Morgan fingerprint density at radius 3 is 2.82 bits per heavy atom. The predicted molar refractivity (Wildman–Crippen MR) is 59.5 cm³/mol. The van der Waals surface area contributed by atoms with Crippen LogP contribution in [-0.2, 0) is 13.1 Å². The van der Waals surface area contributed by atoms with Crippen molar-refractivity contribution in [3.05, 3.63) is 18.2 Å². The molecule has 1 rings (SSSR count). The van der Waals surface area contributed by atoms with Crippen LogP contribution in [0, 0.1) is 0 Å². The fraction of sp³-hybridized carbons (Fsp3) is 0.727. The van der Waals surface area contributed by atoms with E-state index in [1.807, 2.05) is 0 Å². The number of aromatic nitrogens is 2. The van der Waals surface area contributed by atoms with Crippen molar-refractivity contribution in [3.8, 4) is 0 Å². The highest BCUT2D eigenvalue weighted by Gasteiger charge is 2.26. The number of nitrogens with one attached hydrogen (secondary N) is 1. The largest absolute Gasteiger partial charge is 0.389 e. The summed E-state index contributed by atoms with van der Waals surface area (Å²) in [6.45, 7) is 3.98. The molecular weight excluding hydrogens is 231 g/mol. The van der Waals surface area contributed by atoms with E-state index in [9.17, 15) is 13.2 Å². The lowest BCUT2D eigenvalue weighted by Gasteiger charge is -2.10. The summed E-state index contributed by atoms with van der Waals surface area (Å²) < 4.78 is 37.8. The van der Waals surface area contributed by atoms with Crippen molar-refractivity contribution in [3.63, 3.8) is 0 Å². The third-order valence-corrected chi connectivity index (χ3v) is 2.39. The zero-order valence-corrected chi connectivity index (χ0v) is 9.93. The van der Waals surface area contributed by atoms with E-state index >= 15 is 0 Å². The Balaban J connectivity index is 2.35. The van der Waals surface area contributed by atoms with Crippen molar-refractivity contribution in [2.75, 3.05) is 6.54 Å². The lowest BCUT2D eigenvalue weighted by Crippen LogP contribution is -2.17. The van der Waals surface area contributed by atoms with Gasteiger partial charge in [-0.25, -0.2) is 4.98 Å². The first-order valence-corrected chi connectivity index (χ1v) is 5.79. The molecule has 6 heteroatoms. The summed E-state index contributed by atoms with van der Waals surface area (Å²) in [6, 6.07) is 0. The average Bonchev–Trinajstić information content (AvgIpc) is 2.64. The Morgan fingerprint density at radius 2 is 2.18 bits per heavy atom. The van der Waals surface area contributed by atoms with Gasteiger partial charge in [0.15, 0.2) is 0 Å². The minimum Gasteiger partial charge on any atom is -0.333 e. The van der Waals surface area contributed by atoms with E-state index in [1.165, 1.54) is 0 Å². The van der Waals surface area contributed by atoms with Gasteiger partial charge in [-0.2, -0.15) is 13.2 Å². The van der Waals surface area contributed by atoms with Crippen LogP contribution in [0.2, 0.25) is 0 Å². The molecule has 1 N–H and O–H groups in total. The smallest absolute Gasteiger partial charge is 0.333 e. The zero-order valence-electron chi connectivity index (χ0n) is 9.93. The van der Waals surface area contributed by atoms with E-state index in [0.717, 1.165) is 18.7 Å². The highest BCUT2D eigenvalue weighted by Crippen LogP contribution is 2.21. The van der Waals surface area contributed by atoms with Crippen molar-refractivity contribution in [2.45, 2.75) is 45.5 Å². The van der Waals surface area contributed by atoms with Crippen LogP contribution in [0.3, 0.4) is 0 Å². The van der Waals surface area contributed by atoms with Crippen LogP contribution < -0.4 is 5.32 Å². The molecule has 0 unspecified atom stereocenters. The summed E-state index contributed by atoms with van der Waals surface area (Å²) in [7, 11) is 0. The highest BCUT2D eigenvalue weighted by atomic mass is 19.4. The Morgan fingerprint density at radius 1 is 1.41 bits per heavy atom. The zero-order chi connectivity index (χ0) is 12.7. The van der Waals surface area contributed by atoms with Gasteiger partial charge in [-0.1, -0.05) is 6.92 Å². The molecule has 3 nitrogen and oxygen atoms in total. The number of hydrogen-bond donors (Lipinski definition) is 1. The summed E-state index contributed by atoms with van der Waals surface area (Å²) in [4.78, 5) is 3.96. The van der Waals surface area contributed by atoms with E-state index in [0.29, 0.717) is 13.1 Å². The number of imidazole rings is 1. The molecule has 1 aromatic heterocycles. The fourth-order valence-electron chi connectivity index (χ4n) is 1.54. The Bertz CT molecular complexity index is 320. The lowest BCUT2D eigenvalue weighted by molar-refractivity contribution is -0.135. The van der Waals surface area contributed by atoms with Gasteiger partial charge in [0.2, 0.25) is 0 Å². The molecule has 0 aliphatic rings. The van der Waals surface area contributed by atoms with Gasteiger partial charge in [0, 0.05) is 25.7 Å². The fourth-order valence-corrected chi connectivity index (χ4v) is 1.54. The van der Waals surface area contributed by atoms with Crippen LogP contribution in [0.1, 0.15) is 31.9 Å². The van der Waals surface area contributed by atoms with Crippen molar-refractivity contribution >= 4 is 0 Å². The van der Waals surface area contributed by atoms with Gasteiger partial charge in [-0.05, 0) is 19.4 Å². The quantitative estimate of drug-likeness (QED) is 0.753. The van der Waals surface area contributed by atoms with Gasteiger partial charge in [-0.15, -0.1) is 0 Å². The van der Waals surface area contributed by atoms with Crippen molar-refractivity contribution < 1.29 is 13.2 Å². The van der Waals surface area contributed by atoms with Gasteiger partial charge in [0.05, 0.1) is 12.0 Å². The molecule has 1 heterocycles. The second-order valence-corrected chi connectivity index (χ2v) is 3.97. The maximum absolute atomic E-state index is 12.0. The van der Waals surface area contributed by atoms with Crippen molar-refractivity contribution in [1.29, 1.82) is 0 Å². The molecule has 17 heavy (non-hydrogen) atoms. The Kier molecular flexibility index (Phi) is 5.47. The topological polar surface area (TPSA) is 29.9 Å². The number of hydrogen-bond acceptors (Lipinski definition) is 2. The van der Waals surface area contributed by atoms with Crippen LogP contribution in [0.25, 0.3) is 0 Å². The van der Waals surface area contributed by atoms with Crippen molar-refractivity contribution in [2.24, 2.45) is 0 Å². The van der Waals surface area contributed by atoms with E-state index in [-0.39, 0.29) is 6.42 Å². The SMILES string of the molecule is CCCNCc1cncn1CCCC(F)(F)F. The van der Waals surface area contributed by atoms with Crippen LogP contribution in [0.5, 0.6) is 0 Å². The molecular formula is C11H18F3N3. The van der Waals surface area contributed by atoms with Gasteiger partial charge >= 0.3 is 6.18 Å². The van der Waals surface area contributed by atoms with Gasteiger partial charge in [0.25, 0.3) is 0 Å². The minimum absolute atomic E-state index is 0.0979. The molecule has 0 radical (unpaired) electrons. The second kappa shape index (κ2) is 6.64. The predicted octanol–water partition coefficient (Wildman–Crippen LogP) is 2.73. The van der Waals surface area contributed by atoms with Crippen LogP contribution in [0.15, 0.2) is 12.5 Å². The van der Waals surface area contributed by atoms with Crippen LogP contribution in [-0.4, -0.2) is 22.3 Å². The van der Waals surface area contributed by atoms with E-state index in [4.69, 9.17) is 0 Å². The van der Waals surface area contributed by atoms with Crippen LogP contribution >= 0.6 is 0 Å². The van der Waals surface area contributed by atoms with E-state index in [1.54, 1.807) is 17.1 Å².